The first-order valence-electron chi connectivity index (χ1n) is 9.55. The Morgan fingerprint density at radius 3 is 2.79 bits per heavy atom. The summed E-state index contributed by atoms with van der Waals surface area (Å²) in [6.45, 7) is 2.28. The van der Waals surface area contributed by atoms with E-state index in [0.29, 0.717) is 0 Å². The van der Waals surface area contributed by atoms with Crippen LogP contribution in [0.2, 0.25) is 0 Å². The number of nitrogens with one attached hydrogen (secondary N) is 1. The number of anilines is 1. The van der Waals surface area contributed by atoms with Crippen LogP contribution in [-0.4, -0.2) is 44.2 Å². The van der Waals surface area contributed by atoms with Crippen molar-refractivity contribution in [2.45, 2.75) is 25.9 Å². The standard InChI is InChI=1S/C22H30N2O2S2/c1-4-18(13-14-23-2)7-8-19-9-11-20(12-10-19)24(3)16-22(25)26-21-6-5-15-27-28-17-21/h4,7-14,21,23H,5-6,15-17H2,1-3H3/b8-7+,14-13-,18-4-. The minimum atomic E-state index is -0.155. The Morgan fingerprint density at radius 1 is 1.29 bits per heavy atom. The van der Waals surface area contributed by atoms with E-state index in [4.69, 9.17) is 4.74 Å². The van der Waals surface area contributed by atoms with Gasteiger partial charge in [0.1, 0.15) is 12.6 Å². The summed E-state index contributed by atoms with van der Waals surface area (Å²) in [5.41, 5.74) is 3.25. The van der Waals surface area contributed by atoms with Gasteiger partial charge in [-0.05, 0) is 55.3 Å². The molecule has 1 aromatic carbocycles. The van der Waals surface area contributed by atoms with E-state index in [-0.39, 0.29) is 18.6 Å². The summed E-state index contributed by atoms with van der Waals surface area (Å²) in [7, 11) is 7.47. The maximum absolute atomic E-state index is 12.3. The molecule has 1 N–H and O–H groups in total. The Morgan fingerprint density at radius 2 is 2.07 bits per heavy atom. The molecule has 1 heterocycles. The summed E-state index contributed by atoms with van der Waals surface area (Å²) in [6, 6.07) is 8.18. The van der Waals surface area contributed by atoms with E-state index in [2.05, 4.69) is 35.7 Å². The quantitative estimate of drug-likeness (QED) is 0.368. The minimum Gasteiger partial charge on any atom is -0.460 e. The highest BCUT2D eigenvalue weighted by molar-refractivity contribution is 8.76. The van der Waals surface area contributed by atoms with Crippen molar-refractivity contribution in [1.82, 2.24) is 5.32 Å². The van der Waals surface area contributed by atoms with Crippen LogP contribution in [0.3, 0.4) is 0 Å². The molecule has 1 atom stereocenters. The lowest BCUT2D eigenvalue weighted by atomic mass is 10.1. The first-order chi connectivity index (χ1) is 13.6. The van der Waals surface area contributed by atoms with Crippen molar-refractivity contribution >= 4 is 39.3 Å². The van der Waals surface area contributed by atoms with E-state index in [9.17, 15) is 4.79 Å². The molecular formula is C22H30N2O2S2. The largest absolute Gasteiger partial charge is 0.460 e. The smallest absolute Gasteiger partial charge is 0.325 e. The number of carbonyl (C=O) groups excluding carboxylic acids is 1. The Labute approximate surface area is 176 Å². The Bertz CT molecular complexity index is 691. The van der Waals surface area contributed by atoms with Crippen LogP contribution in [0.25, 0.3) is 6.08 Å². The van der Waals surface area contributed by atoms with Gasteiger partial charge in [0.25, 0.3) is 0 Å². The SMILES string of the molecule is C/C=C(\C=C/NC)/C=C/c1ccc(N(C)CC(=O)OC2CCCSSC2)cc1. The number of hydrogen-bond donors (Lipinski definition) is 1. The van der Waals surface area contributed by atoms with E-state index in [1.165, 1.54) is 0 Å². The van der Waals surface area contributed by atoms with Crippen molar-refractivity contribution in [2.24, 2.45) is 0 Å². The lowest BCUT2D eigenvalue weighted by molar-refractivity contribution is -0.146. The Balaban J connectivity index is 1.87. The third-order valence-corrected chi connectivity index (χ3v) is 6.87. The van der Waals surface area contributed by atoms with Crippen LogP contribution in [0.15, 0.2) is 54.3 Å². The number of nitrogens with zero attached hydrogens (tertiary/aromatic N) is 1. The number of rotatable bonds is 8. The number of esters is 1. The van der Waals surface area contributed by atoms with Crippen LogP contribution >= 0.6 is 21.6 Å². The lowest BCUT2D eigenvalue weighted by Crippen LogP contribution is -2.30. The summed E-state index contributed by atoms with van der Waals surface area (Å²) in [6.07, 6.45) is 12.3. The van der Waals surface area contributed by atoms with Gasteiger partial charge >= 0.3 is 5.97 Å². The summed E-state index contributed by atoms with van der Waals surface area (Å²) < 4.78 is 5.65. The lowest BCUT2D eigenvalue weighted by Gasteiger charge is -2.21. The first kappa shape index (κ1) is 22.5. The topological polar surface area (TPSA) is 41.6 Å². The molecule has 1 aliphatic heterocycles. The number of carbonyl (C=O) groups is 1. The number of likely N-dealkylation sites (N-methyl/N-ethyl adjacent to an activating group) is 1. The van der Waals surface area contributed by atoms with Gasteiger partial charge in [0, 0.05) is 31.3 Å². The van der Waals surface area contributed by atoms with Gasteiger partial charge in [0.2, 0.25) is 0 Å². The van der Waals surface area contributed by atoms with E-state index >= 15 is 0 Å². The number of ether oxygens (including phenoxy) is 1. The average molecular weight is 419 g/mol. The third kappa shape index (κ3) is 8.07. The summed E-state index contributed by atoms with van der Waals surface area (Å²) in [5, 5.41) is 2.99. The molecule has 0 spiro atoms. The molecule has 0 radical (unpaired) electrons. The van der Waals surface area contributed by atoms with Gasteiger partial charge in [-0.15, -0.1) is 0 Å². The molecule has 0 saturated carbocycles. The molecule has 28 heavy (non-hydrogen) atoms. The van der Waals surface area contributed by atoms with Gasteiger partial charge in [-0.3, -0.25) is 4.79 Å². The molecule has 0 aliphatic carbocycles. The highest BCUT2D eigenvalue weighted by atomic mass is 33.1. The molecule has 1 fully saturated rings. The number of allylic oxidation sites excluding steroid dienone is 4. The molecule has 1 saturated heterocycles. The highest BCUT2D eigenvalue weighted by Crippen LogP contribution is 2.29. The van der Waals surface area contributed by atoms with Crippen LogP contribution in [0, 0.1) is 0 Å². The van der Waals surface area contributed by atoms with Gasteiger partial charge in [-0.25, -0.2) is 0 Å². The van der Waals surface area contributed by atoms with Gasteiger partial charge in [-0.2, -0.15) is 0 Å². The van der Waals surface area contributed by atoms with Crippen molar-refractivity contribution in [1.29, 1.82) is 0 Å². The van der Waals surface area contributed by atoms with Crippen molar-refractivity contribution in [3.8, 4) is 0 Å². The highest BCUT2D eigenvalue weighted by Gasteiger charge is 2.18. The molecule has 4 nitrogen and oxygen atoms in total. The van der Waals surface area contributed by atoms with Crippen LogP contribution < -0.4 is 10.2 Å². The molecule has 6 heteroatoms. The molecule has 1 aromatic rings. The predicted octanol–water partition coefficient (Wildman–Crippen LogP) is 4.90. The second kappa shape index (κ2) is 12.6. The van der Waals surface area contributed by atoms with Crippen molar-refractivity contribution in [2.75, 3.05) is 37.0 Å². The fourth-order valence-corrected chi connectivity index (χ4v) is 5.03. The van der Waals surface area contributed by atoms with Crippen LogP contribution in [0.5, 0.6) is 0 Å². The fourth-order valence-electron chi connectivity index (χ4n) is 2.70. The fraction of sp³-hybridized carbons (Fsp3) is 0.409. The molecule has 1 aliphatic rings. The van der Waals surface area contributed by atoms with Crippen LogP contribution in [0.1, 0.15) is 25.3 Å². The predicted molar refractivity (Wildman–Crippen MR) is 125 cm³/mol. The molecule has 1 unspecified atom stereocenters. The average Bonchev–Trinajstić information content (AvgIpc) is 2.97. The van der Waals surface area contributed by atoms with Gasteiger partial charge < -0.3 is 15.0 Å². The third-order valence-electron chi connectivity index (χ3n) is 4.33. The first-order valence-corrected chi connectivity index (χ1v) is 12.0. The molecule has 0 amide bonds. The molecule has 0 aromatic heterocycles. The molecule has 0 bridgehead atoms. The molecular weight excluding hydrogens is 388 g/mol. The van der Waals surface area contributed by atoms with E-state index in [1.54, 1.807) is 10.8 Å². The normalized spacial score (nSPS) is 18.2. The zero-order chi connectivity index (χ0) is 20.2. The maximum Gasteiger partial charge on any atom is 0.325 e. The van der Waals surface area contributed by atoms with Crippen LogP contribution in [-0.2, 0) is 9.53 Å². The van der Waals surface area contributed by atoms with E-state index < -0.39 is 0 Å². The van der Waals surface area contributed by atoms with Crippen molar-refractivity contribution in [3.63, 3.8) is 0 Å². The maximum atomic E-state index is 12.3. The number of hydrogen-bond acceptors (Lipinski definition) is 6. The summed E-state index contributed by atoms with van der Waals surface area (Å²) in [5.74, 6) is 1.87. The molecule has 152 valence electrons. The van der Waals surface area contributed by atoms with Gasteiger partial charge in [0.05, 0.1) is 0 Å². The van der Waals surface area contributed by atoms with E-state index in [1.807, 2.05) is 61.1 Å². The van der Waals surface area contributed by atoms with Crippen molar-refractivity contribution in [3.05, 3.63) is 59.8 Å². The van der Waals surface area contributed by atoms with Crippen LogP contribution in [0.4, 0.5) is 5.69 Å². The second-order valence-corrected chi connectivity index (χ2v) is 9.18. The summed E-state index contributed by atoms with van der Waals surface area (Å²) >= 11 is 0. The zero-order valence-corrected chi connectivity index (χ0v) is 18.5. The minimum absolute atomic E-state index is 0.0474. The van der Waals surface area contributed by atoms with Gasteiger partial charge in [-0.1, -0.05) is 51.9 Å². The number of benzene rings is 1. The molecule has 2 rings (SSSR count). The summed E-state index contributed by atoms with van der Waals surface area (Å²) in [4.78, 5) is 14.2. The second-order valence-electron chi connectivity index (χ2n) is 6.55. The monoisotopic (exact) mass is 418 g/mol. The van der Waals surface area contributed by atoms with Crippen molar-refractivity contribution < 1.29 is 9.53 Å². The Kier molecular flexibility index (Phi) is 10.1. The van der Waals surface area contributed by atoms with E-state index in [0.717, 1.165) is 41.2 Å². The van der Waals surface area contributed by atoms with Gasteiger partial charge in [0.15, 0.2) is 0 Å². The Hall–Kier alpha value is -1.79. The zero-order valence-electron chi connectivity index (χ0n) is 16.9.